The van der Waals surface area contributed by atoms with Gasteiger partial charge in [0.15, 0.2) is 4.34 Å². The third-order valence-corrected chi connectivity index (χ3v) is 5.61. The average molecular weight is 352 g/mol. The number of rotatable bonds is 5. The van der Waals surface area contributed by atoms with Crippen molar-refractivity contribution in [2.75, 3.05) is 31.4 Å². The van der Waals surface area contributed by atoms with E-state index >= 15 is 0 Å². The van der Waals surface area contributed by atoms with E-state index in [-0.39, 0.29) is 23.5 Å². The molecule has 1 aliphatic heterocycles. The third kappa shape index (κ3) is 4.01. The van der Waals surface area contributed by atoms with Gasteiger partial charge in [-0.15, -0.1) is 11.3 Å². The highest BCUT2D eigenvalue weighted by Crippen LogP contribution is 2.31. The van der Waals surface area contributed by atoms with Gasteiger partial charge in [-0.05, 0) is 24.6 Å². The minimum Gasteiger partial charge on any atom is -0.468 e. The van der Waals surface area contributed by atoms with Crippen LogP contribution in [0.5, 0.6) is 0 Å². The van der Waals surface area contributed by atoms with Crippen molar-refractivity contribution in [1.29, 1.82) is 0 Å². The number of ether oxygens (including phenoxy) is 2. The van der Waals surface area contributed by atoms with Crippen molar-refractivity contribution in [3.05, 3.63) is 18.2 Å². The predicted octanol–water partition coefficient (Wildman–Crippen LogP) is 2.54. The molecule has 8 heteroatoms. The molecule has 1 aromatic carbocycles. The van der Waals surface area contributed by atoms with Crippen LogP contribution in [-0.4, -0.2) is 42.9 Å². The SMILES string of the molecule is COC(=O)CSc1nc2ccc(NC(=O)C3CCOC3)cc2s1. The molecule has 23 heavy (non-hydrogen) atoms. The van der Waals surface area contributed by atoms with Crippen molar-refractivity contribution >= 4 is 50.9 Å². The number of benzene rings is 1. The highest BCUT2D eigenvalue weighted by molar-refractivity contribution is 8.01. The average Bonchev–Trinajstić information content (AvgIpc) is 3.21. The molecule has 1 fully saturated rings. The monoisotopic (exact) mass is 352 g/mol. The summed E-state index contributed by atoms with van der Waals surface area (Å²) in [5.41, 5.74) is 1.60. The van der Waals surface area contributed by atoms with E-state index in [4.69, 9.17) is 4.74 Å². The standard InChI is InChI=1S/C15H16N2O4S2/c1-20-13(18)8-22-15-17-11-3-2-10(6-12(11)23-15)16-14(19)9-4-5-21-7-9/h2-3,6,9H,4-5,7-8H2,1H3,(H,16,19). The minimum atomic E-state index is -0.277. The fourth-order valence-corrected chi connectivity index (χ4v) is 4.15. The van der Waals surface area contributed by atoms with Gasteiger partial charge in [-0.25, -0.2) is 4.98 Å². The van der Waals surface area contributed by atoms with Crippen LogP contribution in [0, 0.1) is 5.92 Å². The minimum absolute atomic E-state index is 0.00773. The Kier molecular flexibility index (Phi) is 5.14. The topological polar surface area (TPSA) is 77.5 Å². The number of methoxy groups -OCH3 is 1. The molecule has 122 valence electrons. The van der Waals surface area contributed by atoms with Crippen molar-refractivity contribution in [3.63, 3.8) is 0 Å². The van der Waals surface area contributed by atoms with Gasteiger partial charge in [0.25, 0.3) is 0 Å². The van der Waals surface area contributed by atoms with E-state index in [0.717, 1.165) is 26.7 Å². The number of hydrogen-bond donors (Lipinski definition) is 1. The summed E-state index contributed by atoms with van der Waals surface area (Å²) < 4.78 is 11.6. The zero-order valence-electron chi connectivity index (χ0n) is 12.5. The lowest BCUT2D eigenvalue weighted by Gasteiger charge is -2.08. The maximum Gasteiger partial charge on any atom is 0.316 e. The Hall–Kier alpha value is -1.64. The molecule has 2 heterocycles. The fourth-order valence-electron chi connectivity index (χ4n) is 2.21. The van der Waals surface area contributed by atoms with E-state index in [2.05, 4.69) is 15.0 Å². The second-order valence-electron chi connectivity index (χ2n) is 5.08. The lowest BCUT2D eigenvalue weighted by Crippen LogP contribution is -2.22. The number of thiazole rings is 1. The third-order valence-electron chi connectivity index (χ3n) is 3.48. The molecule has 1 unspecified atom stereocenters. The van der Waals surface area contributed by atoms with E-state index in [1.807, 2.05) is 18.2 Å². The number of carbonyl (C=O) groups excluding carboxylic acids is 2. The normalized spacial score (nSPS) is 17.3. The number of amides is 1. The zero-order chi connectivity index (χ0) is 16.2. The first-order valence-corrected chi connectivity index (χ1v) is 8.95. The molecule has 2 aromatic rings. The summed E-state index contributed by atoms with van der Waals surface area (Å²) in [4.78, 5) is 27.7. The van der Waals surface area contributed by atoms with Crippen molar-refractivity contribution in [2.24, 2.45) is 5.92 Å². The van der Waals surface area contributed by atoms with Gasteiger partial charge in [-0.1, -0.05) is 11.8 Å². The predicted molar refractivity (Wildman–Crippen MR) is 89.9 cm³/mol. The summed E-state index contributed by atoms with van der Waals surface area (Å²) in [6.45, 7) is 1.13. The smallest absolute Gasteiger partial charge is 0.316 e. The maximum absolute atomic E-state index is 12.1. The first kappa shape index (κ1) is 16.2. The van der Waals surface area contributed by atoms with Crippen molar-refractivity contribution in [1.82, 2.24) is 4.98 Å². The van der Waals surface area contributed by atoms with Gasteiger partial charge in [-0.2, -0.15) is 0 Å². The highest BCUT2D eigenvalue weighted by atomic mass is 32.2. The quantitative estimate of drug-likeness (QED) is 0.658. The number of nitrogens with zero attached hydrogens (tertiary/aromatic N) is 1. The molecule has 0 spiro atoms. The van der Waals surface area contributed by atoms with Gasteiger partial charge >= 0.3 is 5.97 Å². The highest BCUT2D eigenvalue weighted by Gasteiger charge is 2.23. The summed E-state index contributed by atoms with van der Waals surface area (Å²) in [6, 6.07) is 5.61. The Morgan fingerprint density at radius 3 is 3.13 bits per heavy atom. The van der Waals surface area contributed by atoms with E-state index < -0.39 is 0 Å². The molecule has 1 N–H and O–H groups in total. The molecule has 1 aliphatic rings. The molecule has 0 aliphatic carbocycles. The summed E-state index contributed by atoms with van der Waals surface area (Å²) in [5.74, 6) is -0.118. The summed E-state index contributed by atoms with van der Waals surface area (Å²) in [7, 11) is 1.37. The molecular formula is C15H16N2O4S2. The number of fused-ring (bicyclic) bond motifs is 1. The number of esters is 1. The van der Waals surface area contributed by atoms with E-state index in [0.29, 0.717) is 13.2 Å². The van der Waals surface area contributed by atoms with Gasteiger partial charge in [0.05, 0.1) is 35.6 Å². The van der Waals surface area contributed by atoms with Crippen molar-refractivity contribution < 1.29 is 19.1 Å². The number of anilines is 1. The van der Waals surface area contributed by atoms with Crippen LogP contribution < -0.4 is 5.32 Å². The molecule has 0 saturated carbocycles. The van der Waals surface area contributed by atoms with Crippen LogP contribution in [0.15, 0.2) is 22.5 Å². The Balaban J connectivity index is 1.68. The van der Waals surface area contributed by atoms with Crippen LogP contribution in [0.4, 0.5) is 5.69 Å². The van der Waals surface area contributed by atoms with Crippen LogP contribution in [-0.2, 0) is 19.1 Å². The van der Waals surface area contributed by atoms with Gasteiger partial charge in [-0.3, -0.25) is 9.59 Å². The zero-order valence-corrected chi connectivity index (χ0v) is 14.2. The molecule has 0 bridgehead atoms. The molecule has 1 saturated heterocycles. The lowest BCUT2D eigenvalue weighted by molar-refractivity contribution is -0.137. The second kappa shape index (κ2) is 7.29. The molecular weight excluding hydrogens is 336 g/mol. The lowest BCUT2D eigenvalue weighted by atomic mass is 10.1. The van der Waals surface area contributed by atoms with Crippen LogP contribution >= 0.6 is 23.1 Å². The van der Waals surface area contributed by atoms with E-state index in [1.165, 1.54) is 30.2 Å². The maximum atomic E-state index is 12.1. The molecule has 6 nitrogen and oxygen atoms in total. The summed E-state index contributed by atoms with van der Waals surface area (Å²) in [5, 5.41) is 2.92. The fraction of sp³-hybridized carbons (Fsp3) is 0.400. The molecule has 3 rings (SSSR count). The van der Waals surface area contributed by atoms with Crippen LogP contribution in [0.3, 0.4) is 0 Å². The molecule has 1 atom stereocenters. The van der Waals surface area contributed by atoms with Crippen LogP contribution in [0.25, 0.3) is 10.2 Å². The van der Waals surface area contributed by atoms with Crippen LogP contribution in [0.2, 0.25) is 0 Å². The van der Waals surface area contributed by atoms with Crippen molar-refractivity contribution in [2.45, 2.75) is 10.8 Å². The number of hydrogen-bond acceptors (Lipinski definition) is 7. The van der Waals surface area contributed by atoms with Crippen LogP contribution in [0.1, 0.15) is 6.42 Å². The Bertz CT molecular complexity index is 725. The first-order chi connectivity index (χ1) is 11.2. The number of nitrogens with one attached hydrogen (secondary N) is 1. The van der Waals surface area contributed by atoms with Gasteiger partial charge in [0, 0.05) is 12.3 Å². The number of aromatic nitrogens is 1. The Labute approximate surface area is 141 Å². The molecule has 0 radical (unpaired) electrons. The summed E-state index contributed by atoms with van der Waals surface area (Å²) >= 11 is 2.84. The summed E-state index contributed by atoms with van der Waals surface area (Å²) in [6.07, 6.45) is 0.767. The van der Waals surface area contributed by atoms with E-state index in [1.54, 1.807) is 0 Å². The van der Waals surface area contributed by atoms with E-state index in [9.17, 15) is 9.59 Å². The first-order valence-electron chi connectivity index (χ1n) is 7.14. The van der Waals surface area contributed by atoms with Gasteiger partial charge in [0.1, 0.15) is 0 Å². The van der Waals surface area contributed by atoms with Gasteiger partial charge in [0.2, 0.25) is 5.91 Å². The number of thioether (sulfide) groups is 1. The van der Waals surface area contributed by atoms with Crippen molar-refractivity contribution in [3.8, 4) is 0 Å². The molecule has 1 amide bonds. The number of carbonyl (C=O) groups is 2. The molecule has 1 aromatic heterocycles. The Morgan fingerprint density at radius 2 is 2.39 bits per heavy atom. The second-order valence-corrected chi connectivity index (χ2v) is 7.33. The Morgan fingerprint density at radius 1 is 1.52 bits per heavy atom. The largest absolute Gasteiger partial charge is 0.468 e. The van der Waals surface area contributed by atoms with Gasteiger partial charge < -0.3 is 14.8 Å².